The van der Waals surface area contributed by atoms with E-state index < -0.39 is 0 Å². The standard InChI is InChI=1S/C13H19ClN4O/c14-10-5-16-18(6-10)4-3-13(19)17-7-11(9-1-2-9)12(15)8-17/h5-6,9,11-12H,1-4,7-8,15H2. The Morgan fingerprint density at radius 3 is 2.89 bits per heavy atom. The van der Waals surface area contributed by atoms with E-state index >= 15 is 0 Å². The number of nitrogens with two attached hydrogens (primary N) is 1. The lowest BCUT2D eigenvalue weighted by Crippen LogP contribution is -2.32. The first-order chi connectivity index (χ1) is 9.13. The summed E-state index contributed by atoms with van der Waals surface area (Å²) in [5, 5.41) is 4.67. The SMILES string of the molecule is NC1CN(C(=O)CCn2cc(Cl)cn2)CC1C1CC1. The Morgan fingerprint density at radius 1 is 1.47 bits per heavy atom. The highest BCUT2D eigenvalue weighted by molar-refractivity contribution is 6.30. The average molecular weight is 283 g/mol. The van der Waals surface area contributed by atoms with Gasteiger partial charge in [-0.15, -0.1) is 0 Å². The van der Waals surface area contributed by atoms with Crippen molar-refractivity contribution in [2.24, 2.45) is 17.6 Å². The van der Waals surface area contributed by atoms with Gasteiger partial charge in [-0.1, -0.05) is 11.6 Å². The van der Waals surface area contributed by atoms with Gasteiger partial charge in [0.2, 0.25) is 5.91 Å². The van der Waals surface area contributed by atoms with E-state index in [9.17, 15) is 4.79 Å². The summed E-state index contributed by atoms with van der Waals surface area (Å²) < 4.78 is 1.70. The summed E-state index contributed by atoms with van der Waals surface area (Å²) in [6, 6.07) is 0.163. The molecule has 2 heterocycles. The molecule has 6 heteroatoms. The molecule has 0 radical (unpaired) electrons. The maximum Gasteiger partial charge on any atom is 0.224 e. The molecular formula is C13H19ClN4O. The van der Waals surface area contributed by atoms with Crippen molar-refractivity contribution in [2.45, 2.75) is 31.8 Å². The van der Waals surface area contributed by atoms with E-state index in [4.69, 9.17) is 17.3 Å². The summed E-state index contributed by atoms with van der Waals surface area (Å²) in [7, 11) is 0. The number of amides is 1. The number of aromatic nitrogens is 2. The Morgan fingerprint density at radius 2 is 2.26 bits per heavy atom. The first-order valence-corrected chi connectivity index (χ1v) is 7.22. The number of hydrogen-bond acceptors (Lipinski definition) is 3. The quantitative estimate of drug-likeness (QED) is 0.900. The van der Waals surface area contributed by atoms with Crippen LogP contribution in [0.5, 0.6) is 0 Å². The summed E-state index contributed by atoms with van der Waals surface area (Å²) in [6.45, 7) is 2.12. The minimum absolute atomic E-state index is 0.163. The lowest BCUT2D eigenvalue weighted by Gasteiger charge is -2.16. The Balaban J connectivity index is 1.50. The summed E-state index contributed by atoms with van der Waals surface area (Å²) in [5.41, 5.74) is 6.13. The second-order valence-corrected chi connectivity index (χ2v) is 6.07. The van der Waals surface area contributed by atoms with Crippen LogP contribution in [0.3, 0.4) is 0 Å². The molecule has 0 aromatic carbocycles. The molecule has 2 fully saturated rings. The molecule has 19 heavy (non-hydrogen) atoms. The van der Waals surface area contributed by atoms with Crippen molar-refractivity contribution in [3.63, 3.8) is 0 Å². The highest BCUT2D eigenvalue weighted by Gasteiger charge is 2.41. The Kier molecular flexibility index (Phi) is 3.50. The molecule has 1 saturated carbocycles. The molecule has 104 valence electrons. The van der Waals surface area contributed by atoms with E-state index in [1.165, 1.54) is 12.8 Å². The third kappa shape index (κ3) is 2.92. The Hall–Kier alpha value is -1.07. The molecule has 1 saturated heterocycles. The van der Waals surface area contributed by atoms with Gasteiger partial charge in [0.05, 0.1) is 11.2 Å². The van der Waals surface area contributed by atoms with Gasteiger partial charge in [0.15, 0.2) is 0 Å². The largest absolute Gasteiger partial charge is 0.341 e. The van der Waals surface area contributed by atoms with Crippen LogP contribution in [0.1, 0.15) is 19.3 Å². The third-order valence-electron chi connectivity index (χ3n) is 4.15. The van der Waals surface area contributed by atoms with E-state index in [0.717, 1.165) is 12.5 Å². The fourth-order valence-electron chi connectivity index (χ4n) is 2.91. The second kappa shape index (κ2) is 5.13. The van der Waals surface area contributed by atoms with E-state index in [1.54, 1.807) is 17.1 Å². The first kappa shape index (κ1) is 12.9. The maximum atomic E-state index is 12.2. The second-order valence-electron chi connectivity index (χ2n) is 5.64. The van der Waals surface area contributed by atoms with Gasteiger partial charge in [-0.3, -0.25) is 9.48 Å². The van der Waals surface area contributed by atoms with Crippen LogP contribution >= 0.6 is 11.6 Å². The molecule has 1 aliphatic heterocycles. The predicted octanol–water partition coefficient (Wildman–Crippen LogP) is 1.12. The van der Waals surface area contributed by atoms with Crippen molar-refractivity contribution in [1.82, 2.24) is 14.7 Å². The Labute approximate surface area is 117 Å². The van der Waals surface area contributed by atoms with E-state index in [2.05, 4.69) is 5.10 Å². The molecule has 0 spiro atoms. The van der Waals surface area contributed by atoms with Crippen molar-refractivity contribution in [3.8, 4) is 0 Å². The molecule has 1 amide bonds. The number of halogens is 1. The van der Waals surface area contributed by atoms with Crippen LogP contribution in [0.25, 0.3) is 0 Å². The third-order valence-corrected chi connectivity index (χ3v) is 4.34. The van der Waals surface area contributed by atoms with E-state index in [0.29, 0.717) is 30.5 Å². The van der Waals surface area contributed by atoms with Crippen molar-refractivity contribution in [3.05, 3.63) is 17.4 Å². The Bertz CT molecular complexity index is 471. The number of likely N-dealkylation sites (tertiary alicyclic amines) is 1. The molecule has 1 aromatic heterocycles. The first-order valence-electron chi connectivity index (χ1n) is 6.85. The topological polar surface area (TPSA) is 64.2 Å². The molecule has 2 aliphatic rings. The summed E-state index contributed by atoms with van der Waals surface area (Å²) in [4.78, 5) is 14.1. The zero-order chi connectivity index (χ0) is 13.4. The number of aryl methyl sites for hydroxylation is 1. The number of rotatable bonds is 4. The molecular weight excluding hydrogens is 264 g/mol. The number of nitrogens with zero attached hydrogens (tertiary/aromatic N) is 3. The summed E-state index contributed by atoms with van der Waals surface area (Å²) >= 11 is 5.79. The van der Waals surface area contributed by atoms with Crippen molar-refractivity contribution in [1.29, 1.82) is 0 Å². The van der Waals surface area contributed by atoms with Gasteiger partial charge in [0, 0.05) is 38.3 Å². The molecule has 2 N–H and O–H groups in total. The van der Waals surface area contributed by atoms with Gasteiger partial charge in [-0.2, -0.15) is 5.10 Å². The zero-order valence-corrected chi connectivity index (χ0v) is 11.6. The highest BCUT2D eigenvalue weighted by Crippen LogP contribution is 2.40. The molecule has 5 nitrogen and oxygen atoms in total. The molecule has 1 aromatic rings. The number of carbonyl (C=O) groups excluding carboxylic acids is 1. The van der Waals surface area contributed by atoms with Crippen LogP contribution < -0.4 is 5.73 Å². The van der Waals surface area contributed by atoms with E-state index in [-0.39, 0.29) is 11.9 Å². The smallest absolute Gasteiger partial charge is 0.224 e. The number of hydrogen-bond donors (Lipinski definition) is 1. The fraction of sp³-hybridized carbons (Fsp3) is 0.692. The van der Waals surface area contributed by atoms with Gasteiger partial charge in [-0.05, 0) is 24.7 Å². The molecule has 2 unspecified atom stereocenters. The summed E-state index contributed by atoms with van der Waals surface area (Å²) in [6.07, 6.45) is 6.35. The highest BCUT2D eigenvalue weighted by atomic mass is 35.5. The molecule has 3 rings (SSSR count). The fourth-order valence-corrected chi connectivity index (χ4v) is 3.07. The monoisotopic (exact) mass is 282 g/mol. The van der Waals surface area contributed by atoms with Crippen LogP contribution in [0.2, 0.25) is 5.02 Å². The van der Waals surface area contributed by atoms with Crippen LogP contribution in [-0.4, -0.2) is 39.7 Å². The average Bonchev–Trinajstić information content (AvgIpc) is 3.03. The van der Waals surface area contributed by atoms with Crippen LogP contribution in [0.15, 0.2) is 12.4 Å². The molecule has 0 bridgehead atoms. The van der Waals surface area contributed by atoms with Gasteiger partial charge in [0.1, 0.15) is 0 Å². The molecule has 2 atom stereocenters. The maximum absolute atomic E-state index is 12.2. The molecule has 1 aliphatic carbocycles. The lowest BCUT2D eigenvalue weighted by molar-refractivity contribution is -0.130. The van der Waals surface area contributed by atoms with Crippen molar-refractivity contribution >= 4 is 17.5 Å². The van der Waals surface area contributed by atoms with Gasteiger partial charge in [-0.25, -0.2) is 0 Å². The van der Waals surface area contributed by atoms with Crippen molar-refractivity contribution < 1.29 is 4.79 Å². The lowest BCUT2D eigenvalue weighted by atomic mass is 9.99. The predicted molar refractivity (Wildman–Crippen MR) is 72.6 cm³/mol. The van der Waals surface area contributed by atoms with Crippen LogP contribution in [0, 0.1) is 11.8 Å². The zero-order valence-electron chi connectivity index (χ0n) is 10.8. The van der Waals surface area contributed by atoms with Gasteiger partial charge >= 0.3 is 0 Å². The number of carbonyl (C=O) groups is 1. The van der Waals surface area contributed by atoms with Crippen LogP contribution in [0.4, 0.5) is 0 Å². The minimum atomic E-state index is 0.163. The van der Waals surface area contributed by atoms with Crippen molar-refractivity contribution in [2.75, 3.05) is 13.1 Å². The minimum Gasteiger partial charge on any atom is -0.341 e. The van der Waals surface area contributed by atoms with Gasteiger partial charge in [0.25, 0.3) is 0 Å². The summed E-state index contributed by atoms with van der Waals surface area (Å²) in [5.74, 6) is 1.45. The van der Waals surface area contributed by atoms with Gasteiger partial charge < -0.3 is 10.6 Å². The normalized spacial score (nSPS) is 26.9. The van der Waals surface area contributed by atoms with E-state index in [1.807, 2.05) is 4.90 Å². The van der Waals surface area contributed by atoms with Crippen LogP contribution in [-0.2, 0) is 11.3 Å².